The maximum Gasteiger partial charge on any atom is 0.410 e. The fourth-order valence-corrected chi connectivity index (χ4v) is 2.87. The number of nitrogens with zero attached hydrogens (tertiary/aromatic N) is 1. The SMILES string of the molecule is CCOc1ccc([C@H]2CCN(C(=O)OC(C)(C)C)C[C@H]2N)cc1. The molecular weight excluding hydrogens is 292 g/mol. The zero-order valence-corrected chi connectivity index (χ0v) is 14.5. The molecule has 1 heterocycles. The third-order valence-corrected chi connectivity index (χ3v) is 3.93. The summed E-state index contributed by atoms with van der Waals surface area (Å²) in [7, 11) is 0. The number of hydrogen-bond donors (Lipinski definition) is 1. The molecule has 1 saturated heterocycles. The van der Waals surface area contributed by atoms with E-state index in [0.29, 0.717) is 19.7 Å². The molecule has 23 heavy (non-hydrogen) atoms. The summed E-state index contributed by atoms with van der Waals surface area (Å²) in [5, 5.41) is 0. The Bertz CT molecular complexity index is 522. The highest BCUT2D eigenvalue weighted by Gasteiger charge is 2.32. The first kappa shape index (κ1) is 17.6. The van der Waals surface area contributed by atoms with Crippen molar-refractivity contribution in [1.82, 2.24) is 4.90 Å². The Kier molecular flexibility index (Phi) is 5.52. The van der Waals surface area contributed by atoms with Gasteiger partial charge in [0.15, 0.2) is 0 Å². The van der Waals surface area contributed by atoms with E-state index in [1.807, 2.05) is 39.8 Å². The lowest BCUT2D eigenvalue weighted by Crippen LogP contribution is -2.50. The van der Waals surface area contributed by atoms with E-state index in [9.17, 15) is 4.79 Å². The van der Waals surface area contributed by atoms with Crippen LogP contribution in [0.3, 0.4) is 0 Å². The average molecular weight is 320 g/mol. The Labute approximate surface area is 138 Å². The van der Waals surface area contributed by atoms with Gasteiger partial charge in [-0.15, -0.1) is 0 Å². The predicted molar refractivity (Wildman–Crippen MR) is 90.8 cm³/mol. The van der Waals surface area contributed by atoms with Gasteiger partial charge in [-0.1, -0.05) is 12.1 Å². The maximum absolute atomic E-state index is 12.2. The highest BCUT2D eigenvalue weighted by molar-refractivity contribution is 5.68. The summed E-state index contributed by atoms with van der Waals surface area (Å²) in [6, 6.07) is 8.00. The first-order chi connectivity index (χ1) is 10.8. The average Bonchev–Trinajstić information content (AvgIpc) is 2.47. The Morgan fingerprint density at radius 1 is 1.30 bits per heavy atom. The number of likely N-dealkylation sites (tertiary alicyclic amines) is 1. The lowest BCUT2D eigenvalue weighted by molar-refractivity contribution is 0.0186. The molecule has 2 N–H and O–H groups in total. The largest absolute Gasteiger partial charge is 0.494 e. The minimum atomic E-state index is -0.479. The van der Waals surface area contributed by atoms with Gasteiger partial charge in [-0.05, 0) is 51.8 Å². The minimum absolute atomic E-state index is 0.0887. The number of rotatable bonds is 3. The van der Waals surface area contributed by atoms with Crippen LogP contribution in [-0.4, -0.2) is 42.3 Å². The number of amides is 1. The minimum Gasteiger partial charge on any atom is -0.494 e. The molecule has 0 aromatic heterocycles. The molecule has 5 nitrogen and oxygen atoms in total. The van der Waals surface area contributed by atoms with Crippen molar-refractivity contribution in [1.29, 1.82) is 0 Å². The molecule has 1 amide bonds. The summed E-state index contributed by atoms with van der Waals surface area (Å²) in [5.74, 6) is 1.13. The van der Waals surface area contributed by atoms with Gasteiger partial charge in [0.25, 0.3) is 0 Å². The molecule has 1 aliphatic rings. The van der Waals surface area contributed by atoms with E-state index in [1.54, 1.807) is 4.90 Å². The molecular formula is C18H28N2O3. The second-order valence-electron chi connectivity index (χ2n) is 6.99. The summed E-state index contributed by atoms with van der Waals surface area (Å²) in [5.41, 5.74) is 7.04. The number of benzene rings is 1. The molecule has 0 bridgehead atoms. The lowest BCUT2D eigenvalue weighted by atomic mass is 9.86. The van der Waals surface area contributed by atoms with Gasteiger partial charge in [0.05, 0.1) is 6.61 Å². The molecule has 1 aromatic carbocycles. The van der Waals surface area contributed by atoms with Gasteiger partial charge in [0.2, 0.25) is 0 Å². The van der Waals surface area contributed by atoms with Crippen LogP contribution < -0.4 is 10.5 Å². The molecule has 1 fully saturated rings. The molecule has 0 saturated carbocycles. The summed E-state index contributed by atoms with van der Waals surface area (Å²) >= 11 is 0. The molecule has 2 rings (SSSR count). The molecule has 0 spiro atoms. The van der Waals surface area contributed by atoms with Crippen molar-refractivity contribution in [3.63, 3.8) is 0 Å². The van der Waals surface area contributed by atoms with Gasteiger partial charge in [-0.2, -0.15) is 0 Å². The lowest BCUT2D eigenvalue weighted by Gasteiger charge is -2.37. The normalized spacial score (nSPS) is 21.9. The number of nitrogens with two attached hydrogens (primary N) is 1. The Balaban J connectivity index is 1.97. The van der Waals surface area contributed by atoms with Crippen LogP contribution in [0.1, 0.15) is 45.6 Å². The quantitative estimate of drug-likeness (QED) is 0.929. The highest BCUT2D eigenvalue weighted by Crippen LogP contribution is 2.29. The third kappa shape index (κ3) is 4.86. The van der Waals surface area contributed by atoms with E-state index in [1.165, 1.54) is 5.56 Å². The fourth-order valence-electron chi connectivity index (χ4n) is 2.87. The Morgan fingerprint density at radius 3 is 2.48 bits per heavy atom. The van der Waals surface area contributed by atoms with Crippen molar-refractivity contribution in [2.45, 2.75) is 51.7 Å². The topological polar surface area (TPSA) is 64.8 Å². The molecule has 5 heteroatoms. The van der Waals surface area contributed by atoms with Crippen molar-refractivity contribution in [3.8, 4) is 5.75 Å². The smallest absolute Gasteiger partial charge is 0.410 e. The molecule has 2 atom stereocenters. The number of piperidine rings is 1. The van der Waals surface area contributed by atoms with E-state index in [2.05, 4.69) is 12.1 Å². The second kappa shape index (κ2) is 7.21. The van der Waals surface area contributed by atoms with Crippen LogP contribution in [0.5, 0.6) is 5.75 Å². The van der Waals surface area contributed by atoms with Crippen molar-refractivity contribution < 1.29 is 14.3 Å². The van der Waals surface area contributed by atoms with Crippen LogP contribution in [0.2, 0.25) is 0 Å². The van der Waals surface area contributed by atoms with Gasteiger partial charge >= 0.3 is 6.09 Å². The van der Waals surface area contributed by atoms with Gasteiger partial charge in [0.1, 0.15) is 11.4 Å². The molecule has 1 aliphatic heterocycles. The molecule has 128 valence electrons. The van der Waals surface area contributed by atoms with Crippen LogP contribution in [0.25, 0.3) is 0 Å². The van der Waals surface area contributed by atoms with E-state index in [4.69, 9.17) is 15.2 Å². The van der Waals surface area contributed by atoms with Gasteiger partial charge in [-0.3, -0.25) is 0 Å². The van der Waals surface area contributed by atoms with Gasteiger partial charge in [-0.25, -0.2) is 4.79 Å². The van der Waals surface area contributed by atoms with E-state index in [-0.39, 0.29) is 18.1 Å². The monoisotopic (exact) mass is 320 g/mol. The Hall–Kier alpha value is -1.75. The van der Waals surface area contributed by atoms with E-state index in [0.717, 1.165) is 12.2 Å². The first-order valence-corrected chi connectivity index (χ1v) is 8.26. The van der Waals surface area contributed by atoms with Crippen LogP contribution >= 0.6 is 0 Å². The van der Waals surface area contributed by atoms with Gasteiger partial charge in [0, 0.05) is 25.0 Å². The number of hydrogen-bond acceptors (Lipinski definition) is 4. The molecule has 0 unspecified atom stereocenters. The highest BCUT2D eigenvalue weighted by atomic mass is 16.6. The Morgan fingerprint density at radius 2 is 1.96 bits per heavy atom. The zero-order valence-electron chi connectivity index (χ0n) is 14.5. The van der Waals surface area contributed by atoms with Crippen LogP contribution in [0.4, 0.5) is 4.79 Å². The number of carbonyl (C=O) groups excluding carboxylic acids is 1. The van der Waals surface area contributed by atoms with Crippen LogP contribution in [-0.2, 0) is 4.74 Å². The summed E-state index contributed by atoms with van der Waals surface area (Å²) in [6.07, 6.45) is 0.562. The third-order valence-electron chi connectivity index (χ3n) is 3.93. The van der Waals surface area contributed by atoms with E-state index < -0.39 is 5.60 Å². The molecule has 0 radical (unpaired) electrons. The van der Waals surface area contributed by atoms with Gasteiger partial charge < -0.3 is 20.1 Å². The van der Waals surface area contributed by atoms with Crippen LogP contribution in [0, 0.1) is 0 Å². The van der Waals surface area contributed by atoms with Crippen molar-refractivity contribution >= 4 is 6.09 Å². The summed E-state index contributed by atoms with van der Waals surface area (Å²) < 4.78 is 10.9. The standard InChI is InChI=1S/C18H28N2O3/c1-5-22-14-8-6-13(7-9-14)15-10-11-20(12-16(15)19)17(21)23-18(2,3)4/h6-9,15-16H,5,10-12,19H2,1-4H3/t15-,16-/m1/s1. The fraction of sp³-hybridized carbons (Fsp3) is 0.611. The number of ether oxygens (including phenoxy) is 2. The molecule has 0 aliphatic carbocycles. The van der Waals surface area contributed by atoms with Crippen molar-refractivity contribution in [2.75, 3.05) is 19.7 Å². The first-order valence-electron chi connectivity index (χ1n) is 8.26. The predicted octanol–water partition coefficient (Wildman–Crippen LogP) is 3.14. The molecule has 1 aromatic rings. The van der Waals surface area contributed by atoms with Crippen LogP contribution in [0.15, 0.2) is 24.3 Å². The second-order valence-corrected chi connectivity index (χ2v) is 6.99. The summed E-state index contributed by atoms with van der Waals surface area (Å²) in [4.78, 5) is 13.9. The summed E-state index contributed by atoms with van der Waals surface area (Å²) in [6.45, 7) is 9.43. The van der Waals surface area contributed by atoms with E-state index >= 15 is 0 Å². The number of carbonyl (C=O) groups is 1. The zero-order chi connectivity index (χ0) is 17.0. The van der Waals surface area contributed by atoms with Crippen molar-refractivity contribution in [2.24, 2.45) is 5.73 Å². The van der Waals surface area contributed by atoms with Crippen molar-refractivity contribution in [3.05, 3.63) is 29.8 Å². The maximum atomic E-state index is 12.2.